The van der Waals surface area contributed by atoms with Gasteiger partial charge in [0.15, 0.2) is 5.96 Å². The van der Waals surface area contributed by atoms with Crippen molar-refractivity contribution in [3.8, 4) is 0 Å². The molecule has 0 spiro atoms. The van der Waals surface area contributed by atoms with Gasteiger partial charge in [-0.15, -0.1) is 24.0 Å². The van der Waals surface area contributed by atoms with Gasteiger partial charge >= 0.3 is 0 Å². The summed E-state index contributed by atoms with van der Waals surface area (Å²) in [4.78, 5) is 7.22. The Balaban J connectivity index is 0.00000300. The average Bonchev–Trinajstić information content (AvgIpc) is 3.40. The van der Waals surface area contributed by atoms with Crippen molar-refractivity contribution in [1.82, 2.24) is 10.2 Å². The topological polar surface area (TPSA) is 46.1 Å². The molecule has 1 saturated heterocycles. The van der Waals surface area contributed by atoms with E-state index in [1.807, 2.05) is 6.07 Å². The van der Waals surface area contributed by atoms with Crippen LogP contribution in [0.1, 0.15) is 51.0 Å². The largest absolute Gasteiger partial charge is 0.378 e. The Bertz CT molecular complexity index is 579. The van der Waals surface area contributed by atoms with Crippen molar-refractivity contribution in [2.45, 2.75) is 58.2 Å². The second-order valence-corrected chi connectivity index (χ2v) is 7.97. The van der Waals surface area contributed by atoms with Crippen LogP contribution in [0.4, 0.5) is 0 Å². The van der Waals surface area contributed by atoms with Crippen molar-refractivity contribution < 1.29 is 9.47 Å². The van der Waals surface area contributed by atoms with Crippen LogP contribution in [0.15, 0.2) is 35.3 Å². The van der Waals surface area contributed by atoms with Crippen LogP contribution >= 0.6 is 24.0 Å². The fourth-order valence-corrected chi connectivity index (χ4v) is 4.06. The summed E-state index contributed by atoms with van der Waals surface area (Å²) in [6.45, 7) is 8.32. The van der Waals surface area contributed by atoms with E-state index < -0.39 is 0 Å². The molecule has 0 radical (unpaired) electrons. The number of hydrogen-bond donors (Lipinski definition) is 1. The maximum Gasteiger partial charge on any atom is 0.193 e. The maximum atomic E-state index is 5.95. The van der Waals surface area contributed by atoms with Crippen molar-refractivity contribution in [2.24, 2.45) is 10.9 Å². The minimum atomic E-state index is 0. The van der Waals surface area contributed by atoms with E-state index in [-0.39, 0.29) is 24.0 Å². The Morgan fingerprint density at radius 1 is 1.17 bits per heavy atom. The molecule has 1 unspecified atom stereocenters. The van der Waals surface area contributed by atoms with Gasteiger partial charge in [-0.3, -0.25) is 4.99 Å². The Morgan fingerprint density at radius 2 is 1.97 bits per heavy atom. The summed E-state index contributed by atoms with van der Waals surface area (Å²) in [5, 5.41) is 3.45. The van der Waals surface area contributed by atoms with Crippen molar-refractivity contribution in [2.75, 3.05) is 39.4 Å². The predicted molar refractivity (Wildman–Crippen MR) is 130 cm³/mol. The molecule has 1 aromatic carbocycles. The van der Waals surface area contributed by atoms with Crippen LogP contribution in [0.25, 0.3) is 0 Å². The highest BCUT2D eigenvalue weighted by Crippen LogP contribution is 2.21. The number of likely N-dealkylation sites (tertiary alicyclic amines) is 1. The number of benzene rings is 1. The quantitative estimate of drug-likeness (QED) is 0.216. The number of hydrogen-bond acceptors (Lipinski definition) is 3. The highest BCUT2D eigenvalue weighted by Gasteiger charge is 2.25. The molecule has 0 bridgehead atoms. The van der Waals surface area contributed by atoms with E-state index in [2.05, 4.69) is 41.4 Å². The zero-order chi connectivity index (χ0) is 19.4. The molecule has 1 atom stereocenters. The normalized spacial score (nSPS) is 20.1. The third-order valence-electron chi connectivity index (χ3n) is 5.61. The fraction of sp³-hybridized carbons (Fsp3) is 0.696. The molecule has 164 valence electrons. The van der Waals surface area contributed by atoms with Gasteiger partial charge in [0, 0.05) is 38.7 Å². The Hall–Kier alpha value is -0.860. The van der Waals surface area contributed by atoms with E-state index in [4.69, 9.17) is 14.5 Å². The van der Waals surface area contributed by atoms with Gasteiger partial charge in [0.25, 0.3) is 0 Å². The minimum Gasteiger partial charge on any atom is -0.378 e. The van der Waals surface area contributed by atoms with E-state index >= 15 is 0 Å². The molecule has 1 aliphatic carbocycles. The number of ether oxygens (including phenoxy) is 2. The van der Waals surface area contributed by atoms with Gasteiger partial charge in [0.1, 0.15) is 0 Å². The lowest BCUT2D eigenvalue weighted by molar-refractivity contribution is 0.0579. The van der Waals surface area contributed by atoms with Gasteiger partial charge in [0.2, 0.25) is 0 Å². The molecule has 5 nitrogen and oxygen atoms in total. The molecule has 1 aromatic rings. The zero-order valence-electron chi connectivity index (χ0n) is 17.9. The van der Waals surface area contributed by atoms with Gasteiger partial charge in [0.05, 0.1) is 19.3 Å². The first-order valence-electron chi connectivity index (χ1n) is 11.1. The summed E-state index contributed by atoms with van der Waals surface area (Å²) in [6.07, 6.45) is 7.83. The van der Waals surface area contributed by atoms with Crippen LogP contribution in [-0.4, -0.2) is 56.4 Å². The summed E-state index contributed by atoms with van der Waals surface area (Å²) < 4.78 is 11.9. The molecule has 3 rings (SSSR count). The monoisotopic (exact) mass is 515 g/mol. The summed E-state index contributed by atoms with van der Waals surface area (Å²) >= 11 is 0. The lowest BCUT2D eigenvalue weighted by Crippen LogP contribution is -2.40. The molecule has 0 amide bonds. The summed E-state index contributed by atoms with van der Waals surface area (Å²) in [5.41, 5.74) is 1.24. The first kappa shape index (κ1) is 24.4. The first-order valence-corrected chi connectivity index (χ1v) is 11.1. The fourth-order valence-electron chi connectivity index (χ4n) is 4.06. The lowest BCUT2D eigenvalue weighted by Gasteiger charge is -2.22. The molecular weight excluding hydrogens is 477 g/mol. The Kier molecular flexibility index (Phi) is 12.0. The number of nitrogens with one attached hydrogen (secondary N) is 1. The van der Waals surface area contributed by atoms with Gasteiger partial charge in [-0.1, -0.05) is 43.2 Å². The number of rotatable bonds is 10. The van der Waals surface area contributed by atoms with Crippen LogP contribution in [0.5, 0.6) is 0 Å². The van der Waals surface area contributed by atoms with E-state index in [1.165, 1.54) is 37.7 Å². The number of aliphatic imine (C=N–C) groups is 1. The predicted octanol–water partition coefficient (Wildman–Crippen LogP) is 4.46. The molecular formula is C23H38IN3O2. The highest BCUT2D eigenvalue weighted by atomic mass is 127. The van der Waals surface area contributed by atoms with Crippen LogP contribution in [0.3, 0.4) is 0 Å². The van der Waals surface area contributed by atoms with Gasteiger partial charge < -0.3 is 19.7 Å². The zero-order valence-corrected chi connectivity index (χ0v) is 20.2. The molecule has 2 aliphatic rings. The van der Waals surface area contributed by atoms with Crippen LogP contribution in [0.2, 0.25) is 0 Å². The van der Waals surface area contributed by atoms with Crippen molar-refractivity contribution >= 4 is 29.9 Å². The Labute approximate surface area is 193 Å². The summed E-state index contributed by atoms with van der Waals surface area (Å²) in [7, 11) is 0. The average molecular weight is 515 g/mol. The van der Waals surface area contributed by atoms with E-state index in [9.17, 15) is 0 Å². The Morgan fingerprint density at radius 3 is 2.72 bits per heavy atom. The number of halogens is 1. The van der Waals surface area contributed by atoms with E-state index in [0.717, 1.165) is 51.8 Å². The van der Waals surface area contributed by atoms with Gasteiger partial charge in [-0.05, 0) is 38.2 Å². The van der Waals surface area contributed by atoms with Crippen molar-refractivity contribution in [3.63, 3.8) is 0 Å². The van der Waals surface area contributed by atoms with Gasteiger partial charge in [-0.2, -0.15) is 0 Å². The maximum absolute atomic E-state index is 5.95. The standard InChI is InChI=1S/C23H37N3O2.HI/c1-2-24-23(25-14-8-16-28-22-11-6-7-12-22)26-15-13-21(17-26)19-27-18-20-9-4-3-5-10-20;/h3-5,9-10,21-22H,2,6-8,11-19H2,1H3,(H,24,25);1H. The second-order valence-electron chi connectivity index (χ2n) is 7.97. The molecule has 29 heavy (non-hydrogen) atoms. The smallest absolute Gasteiger partial charge is 0.193 e. The molecule has 0 aromatic heterocycles. The number of guanidine groups is 1. The molecule has 1 N–H and O–H groups in total. The van der Waals surface area contributed by atoms with Crippen molar-refractivity contribution in [3.05, 3.63) is 35.9 Å². The molecule has 1 heterocycles. The summed E-state index contributed by atoms with van der Waals surface area (Å²) in [5.74, 6) is 1.63. The molecule has 1 aliphatic heterocycles. The van der Waals surface area contributed by atoms with Crippen LogP contribution in [-0.2, 0) is 16.1 Å². The van der Waals surface area contributed by atoms with Crippen molar-refractivity contribution in [1.29, 1.82) is 0 Å². The molecule has 6 heteroatoms. The third kappa shape index (κ3) is 8.80. The molecule has 2 fully saturated rings. The van der Waals surface area contributed by atoms with Crippen LogP contribution < -0.4 is 5.32 Å². The van der Waals surface area contributed by atoms with Crippen LogP contribution in [0, 0.1) is 5.92 Å². The second kappa shape index (κ2) is 14.2. The first-order chi connectivity index (χ1) is 13.8. The SMILES string of the molecule is CCNC(=NCCCOC1CCCC1)N1CCC(COCc2ccccc2)C1.I. The minimum absolute atomic E-state index is 0. The third-order valence-corrected chi connectivity index (χ3v) is 5.61. The van der Waals surface area contributed by atoms with E-state index in [1.54, 1.807) is 0 Å². The summed E-state index contributed by atoms with van der Waals surface area (Å²) in [6, 6.07) is 10.4. The lowest BCUT2D eigenvalue weighted by atomic mass is 10.1. The van der Waals surface area contributed by atoms with E-state index in [0.29, 0.717) is 18.6 Å². The highest BCUT2D eigenvalue weighted by molar-refractivity contribution is 14.0. The molecule has 1 saturated carbocycles. The van der Waals surface area contributed by atoms with Gasteiger partial charge in [-0.25, -0.2) is 0 Å². The number of nitrogens with zero attached hydrogens (tertiary/aromatic N) is 2.